The fourth-order valence-electron chi connectivity index (χ4n) is 0.594. The zero-order valence-electron chi connectivity index (χ0n) is 4.92. The first kappa shape index (κ1) is 6.68. The summed E-state index contributed by atoms with van der Waals surface area (Å²) in [5, 5.41) is 0. The van der Waals surface area contributed by atoms with Crippen molar-refractivity contribution < 1.29 is 0 Å². The molecule has 1 unspecified atom stereocenters. The van der Waals surface area contributed by atoms with E-state index in [1.54, 1.807) is 0 Å². The van der Waals surface area contributed by atoms with Crippen LogP contribution < -0.4 is 0 Å². The van der Waals surface area contributed by atoms with Gasteiger partial charge in [0.2, 0.25) is 0 Å². The van der Waals surface area contributed by atoms with Crippen LogP contribution in [-0.4, -0.2) is 17.8 Å². The van der Waals surface area contributed by atoms with Crippen LogP contribution in [0.25, 0.3) is 0 Å². The van der Waals surface area contributed by atoms with Gasteiger partial charge in [0.1, 0.15) is 5.82 Å². The van der Waals surface area contributed by atoms with E-state index in [2.05, 4.69) is 32.6 Å². The number of hydrogen-bond acceptors (Lipinski definition) is 2. The molecular weight excluding hydrogens is 180 g/mol. The molecule has 1 heterocycles. The van der Waals surface area contributed by atoms with E-state index in [-0.39, 0.29) is 0 Å². The zero-order valence-corrected chi connectivity index (χ0v) is 6.50. The van der Waals surface area contributed by atoms with E-state index in [1.165, 1.54) is 0 Å². The highest BCUT2D eigenvalue weighted by Gasteiger charge is 2.02. The maximum absolute atomic E-state index is 3.99. The minimum Gasteiger partial charge on any atom is -0.245 e. The number of halogens is 1. The first-order valence-electron chi connectivity index (χ1n) is 2.68. The van der Waals surface area contributed by atoms with Gasteiger partial charge in [-0.2, -0.15) is 0 Å². The summed E-state index contributed by atoms with van der Waals surface area (Å²) in [6, 6.07) is 0. The molecule has 1 aliphatic rings. The largest absolute Gasteiger partial charge is 0.245 e. The van der Waals surface area contributed by atoms with Crippen molar-refractivity contribution in [1.29, 1.82) is 0 Å². The van der Waals surface area contributed by atoms with Crippen molar-refractivity contribution in [3.05, 3.63) is 11.9 Å². The van der Waals surface area contributed by atoms with Crippen LogP contribution in [0.5, 0.6) is 0 Å². The van der Waals surface area contributed by atoms with E-state index in [1.807, 2.05) is 12.3 Å². The Labute approximate surface area is 62.5 Å². The smallest absolute Gasteiger partial charge is 0.146 e. The minimum absolute atomic E-state index is 0.378. The van der Waals surface area contributed by atoms with Crippen LogP contribution in [0.2, 0.25) is 0 Å². The first-order chi connectivity index (χ1) is 4.33. The Morgan fingerprint density at radius 3 is 3.11 bits per heavy atom. The van der Waals surface area contributed by atoms with Gasteiger partial charge in [-0.15, -0.1) is 0 Å². The van der Waals surface area contributed by atoms with Crippen molar-refractivity contribution in [3.63, 3.8) is 0 Å². The van der Waals surface area contributed by atoms with Crippen LogP contribution in [0.4, 0.5) is 0 Å². The molecule has 0 fully saturated rings. The highest BCUT2D eigenvalue weighted by Crippen LogP contribution is 2.12. The van der Waals surface area contributed by atoms with Crippen LogP contribution in [0.15, 0.2) is 21.9 Å². The van der Waals surface area contributed by atoms with Crippen LogP contribution in [-0.2, 0) is 0 Å². The van der Waals surface area contributed by atoms with E-state index >= 15 is 0 Å². The highest BCUT2D eigenvalue weighted by molar-refractivity contribution is 9.09. The summed E-state index contributed by atoms with van der Waals surface area (Å²) < 4.78 is 0. The normalized spacial score (nSPS) is 25.4. The zero-order chi connectivity index (χ0) is 6.69. The third-order valence-corrected chi connectivity index (χ3v) is 1.67. The van der Waals surface area contributed by atoms with Gasteiger partial charge in [-0.25, -0.2) is 9.98 Å². The number of alkyl halides is 1. The lowest BCUT2D eigenvalue weighted by molar-refractivity contribution is 1.06. The lowest BCUT2D eigenvalue weighted by Crippen LogP contribution is -2.01. The Kier molecular flexibility index (Phi) is 2.16. The Hall–Kier alpha value is -0.440. The van der Waals surface area contributed by atoms with E-state index in [0.717, 1.165) is 12.2 Å². The topological polar surface area (TPSA) is 24.7 Å². The summed E-state index contributed by atoms with van der Waals surface area (Å²) in [5.74, 6) is 0.728. The molecule has 0 bridgehead atoms. The summed E-state index contributed by atoms with van der Waals surface area (Å²) in [5.41, 5.74) is 0. The average molecular weight is 187 g/mol. The number of allylic oxidation sites excluding steroid dienone is 1. The second-order valence-electron chi connectivity index (χ2n) is 1.75. The van der Waals surface area contributed by atoms with Gasteiger partial charge in [0.05, 0.1) is 4.83 Å². The summed E-state index contributed by atoms with van der Waals surface area (Å²) in [7, 11) is 0. The quantitative estimate of drug-likeness (QED) is 0.441. The number of nitrogens with zero attached hydrogens (tertiary/aromatic N) is 2. The van der Waals surface area contributed by atoms with Crippen LogP contribution in [0.3, 0.4) is 0 Å². The summed E-state index contributed by atoms with van der Waals surface area (Å²) >= 11 is 3.39. The molecule has 1 rings (SSSR count). The van der Waals surface area contributed by atoms with Crippen molar-refractivity contribution in [2.45, 2.75) is 11.2 Å². The van der Waals surface area contributed by atoms with Gasteiger partial charge in [0.15, 0.2) is 0 Å². The molecule has 0 saturated carbocycles. The van der Waals surface area contributed by atoms with Gasteiger partial charge in [-0.3, -0.25) is 0 Å². The van der Waals surface area contributed by atoms with Gasteiger partial charge in [0.25, 0.3) is 0 Å². The van der Waals surface area contributed by atoms with E-state index in [0.29, 0.717) is 4.83 Å². The average Bonchev–Trinajstić information content (AvgIpc) is 1.90. The predicted molar refractivity (Wildman–Crippen MR) is 43.5 cm³/mol. The summed E-state index contributed by atoms with van der Waals surface area (Å²) in [6.45, 7) is 3.36. The molecule has 0 aromatic rings. The van der Waals surface area contributed by atoms with Crippen molar-refractivity contribution in [2.24, 2.45) is 9.98 Å². The van der Waals surface area contributed by atoms with Crippen LogP contribution >= 0.6 is 15.9 Å². The highest BCUT2D eigenvalue weighted by atomic mass is 79.9. The number of hydrogen-bond donors (Lipinski definition) is 0. The van der Waals surface area contributed by atoms with Crippen molar-refractivity contribution in [1.82, 2.24) is 0 Å². The third-order valence-electron chi connectivity index (χ3n) is 1.06. The van der Waals surface area contributed by atoms with Gasteiger partial charge in [-0.05, 0) is 19.2 Å². The van der Waals surface area contributed by atoms with E-state index in [4.69, 9.17) is 0 Å². The Morgan fingerprint density at radius 2 is 2.67 bits per heavy atom. The molecule has 0 radical (unpaired) electrons. The first-order valence-corrected chi connectivity index (χ1v) is 3.59. The van der Waals surface area contributed by atoms with Crippen molar-refractivity contribution in [2.75, 3.05) is 0 Å². The van der Waals surface area contributed by atoms with Crippen LogP contribution in [0, 0.1) is 0 Å². The summed E-state index contributed by atoms with van der Waals surface area (Å²) in [4.78, 5) is 8.04. The Morgan fingerprint density at radius 1 is 1.89 bits per heavy atom. The standard InChI is InChI=1S/C6H7BrN2/c1-8-6-3-2-5(7)4-9-6/h3-5H,1-2H2. The monoisotopic (exact) mass is 186 g/mol. The lowest BCUT2D eigenvalue weighted by Gasteiger charge is -2.04. The molecule has 0 aromatic carbocycles. The van der Waals surface area contributed by atoms with Crippen molar-refractivity contribution >= 4 is 28.9 Å². The summed E-state index contributed by atoms with van der Waals surface area (Å²) in [6.07, 6.45) is 4.73. The molecule has 2 nitrogen and oxygen atoms in total. The molecule has 0 spiro atoms. The number of rotatable bonds is 1. The molecule has 0 amide bonds. The second kappa shape index (κ2) is 2.92. The van der Waals surface area contributed by atoms with Crippen molar-refractivity contribution in [3.8, 4) is 0 Å². The molecule has 0 aromatic heterocycles. The molecule has 1 aliphatic heterocycles. The van der Waals surface area contributed by atoms with Gasteiger partial charge in [0, 0.05) is 6.21 Å². The molecule has 0 N–H and O–H groups in total. The molecule has 9 heavy (non-hydrogen) atoms. The van der Waals surface area contributed by atoms with Crippen LogP contribution in [0.1, 0.15) is 6.42 Å². The molecule has 0 aliphatic carbocycles. The SMILES string of the molecule is C=NC1=CCC(Br)C=N1. The minimum atomic E-state index is 0.378. The molecule has 1 atom stereocenters. The molecular formula is C6H7BrN2. The maximum Gasteiger partial charge on any atom is 0.146 e. The van der Waals surface area contributed by atoms with Gasteiger partial charge < -0.3 is 0 Å². The van der Waals surface area contributed by atoms with E-state index in [9.17, 15) is 0 Å². The predicted octanol–water partition coefficient (Wildman–Crippen LogP) is 1.77. The van der Waals surface area contributed by atoms with Gasteiger partial charge >= 0.3 is 0 Å². The van der Waals surface area contributed by atoms with E-state index < -0.39 is 0 Å². The Bertz CT molecular complexity index is 172. The second-order valence-corrected chi connectivity index (χ2v) is 2.93. The maximum atomic E-state index is 3.99. The number of aliphatic imine (C=N–C) groups is 2. The lowest BCUT2D eigenvalue weighted by atomic mass is 10.3. The third kappa shape index (κ3) is 1.75. The molecule has 3 heteroatoms. The Balaban J connectivity index is 2.62. The van der Waals surface area contributed by atoms with Gasteiger partial charge in [-0.1, -0.05) is 15.9 Å². The molecule has 0 saturated heterocycles. The molecule has 48 valence electrons. The fourth-order valence-corrected chi connectivity index (χ4v) is 0.899. The fraction of sp³-hybridized carbons (Fsp3) is 0.333.